The molecule has 1 aliphatic rings. The van der Waals surface area contributed by atoms with Gasteiger partial charge < -0.3 is 14.7 Å². The van der Waals surface area contributed by atoms with E-state index < -0.39 is 5.97 Å². The number of carboxylic acids is 1. The molecular weight excluding hydrogens is 318 g/mol. The number of benzene rings is 2. The van der Waals surface area contributed by atoms with E-state index in [0.29, 0.717) is 24.2 Å². The number of nitrogens with zero attached hydrogens (tertiary/aromatic N) is 3. The smallest absolute Gasteiger partial charge is 0.335 e. The molecule has 126 valence electrons. The number of anilines is 1. The maximum atomic E-state index is 11.2. The molecular formula is C19H17N3O3. The molecule has 3 aromatic rings. The number of fused-ring (bicyclic) bond motifs is 1. The van der Waals surface area contributed by atoms with Crippen LogP contribution in [0.15, 0.2) is 48.5 Å². The number of hydrogen-bond donors (Lipinski definition) is 1. The van der Waals surface area contributed by atoms with Gasteiger partial charge in [0.1, 0.15) is 5.69 Å². The molecule has 1 N–H and O–H groups in total. The fraction of sp³-hybridized carbons (Fsp3) is 0.211. The molecule has 0 amide bonds. The molecule has 0 saturated carbocycles. The minimum Gasteiger partial charge on any atom is -0.478 e. The summed E-state index contributed by atoms with van der Waals surface area (Å²) in [7, 11) is 0. The molecule has 0 bridgehead atoms. The Hall–Kier alpha value is -2.99. The first-order valence-corrected chi connectivity index (χ1v) is 8.15. The molecule has 0 unspecified atom stereocenters. The zero-order valence-electron chi connectivity index (χ0n) is 13.6. The second-order valence-corrected chi connectivity index (χ2v) is 5.87. The first kappa shape index (κ1) is 15.5. The van der Waals surface area contributed by atoms with Crippen molar-refractivity contribution in [3.05, 3.63) is 54.1 Å². The van der Waals surface area contributed by atoms with Crippen LogP contribution in [0.1, 0.15) is 10.4 Å². The van der Waals surface area contributed by atoms with Gasteiger partial charge in [0.2, 0.25) is 0 Å². The molecule has 6 nitrogen and oxygen atoms in total. The lowest BCUT2D eigenvalue weighted by Gasteiger charge is -2.29. The molecule has 2 heterocycles. The molecule has 1 saturated heterocycles. The summed E-state index contributed by atoms with van der Waals surface area (Å²) in [6.07, 6.45) is 0. The summed E-state index contributed by atoms with van der Waals surface area (Å²) in [6, 6.07) is 14.8. The third-order valence-corrected chi connectivity index (χ3v) is 4.25. The van der Waals surface area contributed by atoms with Gasteiger partial charge >= 0.3 is 5.97 Å². The quantitative estimate of drug-likeness (QED) is 0.793. The van der Waals surface area contributed by atoms with E-state index in [1.807, 2.05) is 30.3 Å². The van der Waals surface area contributed by atoms with Crippen molar-refractivity contribution in [2.24, 2.45) is 0 Å². The topological polar surface area (TPSA) is 75.5 Å². The Labute approximate surface area is 144 Å². The number of carbonyl (C=O) groups is 1. The maximum absolute atomic E-state index is 11.2. The van der Waals surface area contributed by atoms with Gasteiger partial charge in [0.15, 0.2) is 5.82 Å². The zero-order valence-corrected chi connectivity index (χ0v) is 13.6. The maximum Gasteiger partial charge on any atom is 0.335 e. The number of aromatic nitrogens is 2. The van der Waals surface area contributed by atoms with Crippen LogP contribution >= 0.6 is 0 Å². The Morgan fingerprint density at radius 2 is 1.76 bits per heavy atom. The SMILES string of the molecule is O=C(O)c1ccc2nc(-c3ccccc3)c(N3CCOCC3)nc2c1. The van der Waals surface area contributed by atoms with Crippen molar-refractivity contribution in [2.75, 3.05) is 31.2 Å². The predicted octanol–water partition coefficient (Wildman–Crippen LogP) is 2.83. The molecule has 0 radical (unpaired) electrons. The third-order valence-electron chi connectivity index (χ3n) is 4.25. The minimum absolute atomic E-state index is 0.210. The first-order valence-electron chi connectivity index (χ1n) is 8.15. The average Bonchev–Trinajstić information content (AvgIpc) is 2.68. The molecule has 4 rings (SSSR count). The normalized spacial score (nSPS) is 14.6. The lowest BCUT2D eigenvalue weighted by Crippen LogP contribution is -2.37. The molecule has 1 aliphatic heterocycles. The number of carboxylic acid groups (broad SMARTS) is 1. The molecule has 0 aliphatic carbocycles. The van der Waals surface area contributed by atoms with E-state index in [-0.39, 0.29) is 5.56 Å². The van der Waals surface area contributed by atoms with Crippen LogP contribution in [0.4, 0.5) is 5.82 Å². The standard InChI is InChI=1S/C19H17N3O3/c23-19(24)14-6-7-15-16(12-14)21-18(22-8-10-25-11-9-22)17(20-15)13-4-2-1-3-5-13/h1-7,12H,8-11H2,(H,23,24). The number of morpholine rings is 1. The Bertz CT molecular complexity index is 922. The van der Waals surface area contributed by atoms with Gasteiger partial charge in [-0.2, -0.15) is 0 Å². The van der Waals surface area contributed by atoms with E-state index in [1.54, 1.807) is 18.2 Å². The Balaban J connectivity index is 1.91. The van der Waals surface area contributed by atoms with Crippen molar-refractivity contribution >= 4 is 22.8 Å². The van der Waals surface area contributed by atoms with Gasteiger partial charge in [-0.05, 0) is 18.2 Å². The lowest BCUT2D eigenvalue weighted by atomic mass is 10.1. The van der Waals surface area contributed by atoms with Crippen LogP contribution in [-0.2, 0) is 4.74 Å². The van der Waals surface area contributed by atoms with Crippen LogP contribution in [0.25, 0.3) is 22.3 Å². The van der Waals surface area contributed by atoms with E-state index in [4.69, 9.17) is 14.7 Å². The van der Waals surface area contributed by atoms with Crippen molar-refractivity contribution in [1.82, 2.24) is 9.97 Å². The first-order chi connectivity index (χ1) is 12.2. The summed E-state index contributed by atoms with van der Waals surface area (Å²) in [5.41, 5.74) is 3.27. The molecule has 25 heavy (non-hydrogen) atoms. The lowest BCUT2D eigenvalue weighted by molar-refractivity contribution is 0.0697. The zero-order chi connectivity index (χ0) is 17.2. The number of hydrogen-bond acceptors (Lipinski definition) is 5. The van der Waals surface area contributed by atoms with Crippen LogP contribution < -0.4 is 4.90 Å². The summed E-state index contributed by atoms with van der Waals surface area (Å²) in [5, 5.41) is 9.22. The van der Waals surface area contributed by atoms with E-state index in [1.165, 1.54) is 0 Å². The van der Waals surface area contributed by atoms with Crippen molar-refractivity contribution in [3.63, 3.8) is 0 Å². The summed E-state index contributed by atoms with van der Waals surface area (Å²) < 4.78 is 5.44. The van der Waals surface area contributed by atoms with Gasteiger partial charge in [0, 0.05) is 18.7 Å². The van der Waals surface area contributed by atoms with Crippen LogP contribution in [0.3, 0.4) is 0 Å². The molecule has 1 fully saturated rings. The second-order valence-electron chi connectivity index (χ2n) is 5.87. The summed E-state index contributed by atoms with van der Waals surface area (Å²) in [4.78, 5) is 22.9. The highest BCUT2D eigenvalue weighted by Crippen LogP contribution is 2.30. The monoisotopic (exact) mass is 335 g/mol. The number of ether oxygens (including phenoxy) is 1. The van der Waals surface area contributed by atoms with Gasteiger partial charge in [0.25, 0.3) is 0 Å². The largest absolute Gasteiger partial charge is 0.478 e. The summed E-state index contributed by atoms with van der Waals surface area (Å²) in [5.74, 6) is -0.201. The molecule has 0 spiro atoms. The predicted molar refractivity (Wildman–Crippen MR) is 95.0 cm³/mol. The summed E-state index contributed by atoms with van der Waals surface area (Å²) >= 11 is 0. The van der Waals surface area contributed by atoms with Crippen molar-refractivity contribution in [2.45, 2.75) is 0 Å². The Kier molecular flexibility index (Phi) is 4.03. The number of aromatic carboxylic acids is 1. The highest BCUT2D eigenvalue weighted by atomic mass is 16.5. The third kappa shape index (κ3) is 3.04. The van der Waals surface area contributed by atoms with Crippen LogP contribution in [0.2, 0.25) is 0 Å². The van der Waals surface area contributed by atoms with Gasteiger partial charge in [-0.3, -0.25) is 0 Å². The highest BCUT2D eigenvalue weighted by Gasteiger charge is 2.20. The van der Waals surface area contributed by atoms with Gasteiger partial charge in [-0.15, -0.1) is 0 Å². The second kappa shape index (κ2) is 6.49. The van der Waals surface area contributed by atoms with E-state index in [0.717, 1.165) is 30.2 Å². The van der Waals surface area contributed by atoms with Crippen molar-refractivity contribution in [3.8, 4) is 11.3 Å². The molecule has 0 atom stereocenters. The van der Waals surface area contributed by atoms with E-state index in [9.17, 15) is 9.90 Å². The Morgan fingerprint density at radius 3 is 2.48 bits per heavy atom. The van der Waals surface area contributed by atoms with Gasteiger partial charge in [0.05, 0.1) is 29.8 Å². The van der Waals surface area contributed by atoms with Gasteiger partial charge in [-0.25, -0.2) is 14.8 Å². The van der Waals surface area contributed by atoms with Crippen LogP contribution in [0.5, 0.6) is 0 Å². The minimum atomic E-state index is -0.969. The van der Waals surface area contributed by atoms with E-state index in [2.05, 4.69) is 4.90 Å². The van der Waals surface area contributed by atoms with Crippen molar-refractivity contribution < 1.29 is 14.6 Å². The van der Waals surface area contributed by atoms with Gasteiger partial charge in [-0.1, -0.05) is 30.3 Å². The van der Waals surface area contributed by atoms with E-state index >= 15 is 0 Å². The fourth-order valence-electron chi connectivity index (χ4n) is 2.96. The molecule has 1 aromatic heterocycles. The van der Waals surface area contributed by atoms with Crippen LogP contribution in [-0.4, -0.2) is 47.3 Å². The fourth-order valence-corrected chi connectivity index (χ4v) is 2.96. The highest BCUT2D eigenvalue weighted by molar-refractivity contribution is 5.93. The summed E-state index contributed by atoms with van der Waals surface area (Å²) in [6.45, 7) is 2.75. The average molecular weight is 335 g/mol. The van der Waals surface area contributed by atoms with Crippen LogP contribution in [0, 0.1) is 0 Å². The molecule has 2 aromatic carbocycles. The Morgan fingerprint density at radius 1 is 1.00 bits per heavy atom. The molecule has 6 heteroatoms. The van der Waals surface area contributed by atoms with Crippen molar-refractivity contribution in [1.29, 1.82) is 0 Å². The number of rotatable bonds is 3.